The molecule has 1 aromatic heterocycles. The number of rotatable bonds is 7. The summed E-state index contributed by atoms with van der Waals surface area (Å²) in [6, 6.07) is 18.7. The smallest absolute Gasteiger partial charge is 0.281 e. The van der Waals surface area contributed by atoms with Crippen LogP contribution in [0, 0.1) is 16.2 Å². The number of carbonyl (C=O) groups excluding carboxylic acids is 1. The molecule has 4 aromatic rings. The van der Waals surface area contributed by atoms with Crippen molar-refractivity contribution in [1.29, 1.82) is 5.26 Å². The molecule has 0 aliphatic carbocycles. The van der Waals surface area contributed by atoms with Gasteiger partial charge in [0.05, 0.1) is 29.2 Å². The summed E-state index contributed by atoms with van der Waals surface area (Å²) >= 11 is 0. The Morgan fingerprint density at radius 2 is 1.85 bits per heavy atom. The number of methoxy groups -OCH3 is 1. The Morgan fingerprint density at radius 1 is 1.09 bits per heavy atom. The van der Waals surface area contributed by atoms with E-state index in [1.807, 2.05) is 16.9 Å². The van der Waals surface area contributed by atoms with Crippen molar-refractivity contribution in [3.8, 4) is 11.8 Å². The molecule has 0 unspecified atom stereocenters. The monoisotopic (exact) mass is 475 g/mol. The van der Waals surface area contributed by atoms with Gasteiger partial charge >= 0.3 is 0 Å². The number of ether oxygens (including phenoxy) is 1. The maximum Gasteiger partial charge on any atom is 0.281 e. The topological polar surface area (TPSA) is 154 Å². The number of hydrogen-bond acceptors (Lipinski definition) is 8. The highest BCUT2D eigenvalue weighted by Crippen LogP contribution is 2.34. The van der Waals surface area contributed by atoms with Crippen molar-refractivity contribution in [1.82, 2.24) is 9.71 Å². The van der Waals surface area contributed by atoms with E-state index in [1.54, 1.807) is 31.4 Å². The third kappa shape index (κ3) is 4.43. The van der Waals surface area contributed by atoms with Crippen LogP contribution in [0.3, 0.4) is 0 Å². The van der Waals surface area contributed by atoms with Crippen LogP contribution >= 0.6 is 0 Å². The molecule has 0 fully saturated rings. The highest BCUT2D eigenvalue weighted by atomic mass is 32.2. The lowest BCUT2D eigenvalue weighted by Gasteiger charge is -2.09. The molecule has 0 aliphatic heterocycles. The summed E-state index contributed by atoms with van der Waals surface area (Å²) in [6.45, 7) is 0. The Hall–Kier alpha value is -4.69. The Kier molecular flexibility index (Phi) is 5.99. The number of amides is 1. The van der Waals surface area contributed by atoms with Crippen molar-refractivity contribution < 1.29 is 17.9 Å². The second-order valence-corrected chi connectivity index (χ2v) is 8.81. The van der Waals surface area contributed by atoms with Crippen molar-refractivity contribution in [2.24, 2.45) is 5.18 Å². The molecular formula is C23H17N5O5S. The zero-order valence-electron chi connectivity index (χ0n) is 17.7. The summed E-state index contributed by atoms with van der Waals surface area (Å²) < 4.78 is 32.4. The zero-order chi connectivity index (χ0) is 24.3. The Morgan fingerprint density at radius 3 is 2.53 bits per heavy atom. The lowest BCUT2D eigenvalue weighted by molar-refractivity contribution is 0.0977. The number of nitrogens with zero attached hydrogens (tertiary/aromatic N) is 2. The van der Waals surface area contributed by atoms with E-state index in [-0.39, 0.29) is 27.4 Å². The Bertz CT molecular complexity index is 1550. The molecule has 10 nitrogen and oxygen atoms in total. The largest absolute Gasteiger partial charge is 0.497 e. The maximum atomic E-state index is 12.8. The number of nitriles is 1. The number of aromatic nitrogens is 1. The molecule has 0 bridgehead atoms. The quantitative estimate of drug-likeness (QED) is 0.337. The molecule has 3 N–H and O–H groups in total. The minimum Gasteiger partial charge on any atom is -0.497 e. The lowest BCUT2D eigenvalue weighted by Crippen LogP contribution is -2.30. The van der Waals surface area contributed by atoms with E-state index < -0.39 is 15.9 Å². The van der Waals surface area contributed by atoms with E-state index in [0.717, 1.165) is 0 Å². The van der Waals surface area contributed by atoms with Crippen molar-refractivity contribution in [3.05, 3.63) is 82.9 Å². The van der Waals surface area contributed by atoms with Gasteiger partial charge in [-0.2, -0.15) is 5.26 Å². The summed E-state index contributed by atoms with van der Waals surface area (Å²) in [5.74, 6) is -0.292. The predicted molar refractivity (Wildman–Crippen MR) is 126 cm³/mol. The molecule has 0 radical (unpaired) electrons. The Balaban J connectivity index is 1.67. The molecule has 0 aliphatic rings. The van der Waals surface area contributed by atoms with Crippen LogP contribution in [0.15, 0.2) is 76.8 Å². The third-order valence-electron chi connectivity index (χ3n) is 4.98. The first-order valence-electron chi connectivity index (χ1n) is 9.82. The van der Waals surface area contributed by atoms with Crippen LogP contribution in [0.2, 0.25) is 0 Å². The van der Waals surface area contributed by atoms with E-state index >= 15 is 0 Å². The molecule has 3 aromatic carbocycles. The van der Waals surface area contributed by atoms with Gasteiger partial charge in [-0.15, -0.1) is 4.91 Å². The fourth-order valence-corrected chi connectivity index (χ4v) is 4.28. The molecule has 0 atom stereocenters. The van der Waals surface area contributed by atoms with E-state index in [2.05, 4.69) is 15.5 Å². The normalized spacial score (nSPS) is 10.9. The van der Waals surface area contributed by atoms with Crippen molar-refractivity contribution in [2.45, 2.75) is 4.90 Å². The van der Waals surface area contributed by atoms with Gasteiger partial charge < -0.3 is 15.0 Å². The molecule has 0 spiro atoms. The molecule has 11 heteroatoms. The van der Waals surface area contributed by atoms with Crippen LogP contribution in [-0.4, -0.2) is 26.4 Å². The molecule has 0 saturated heterocycles. The van der Waals surface area contributed by atoms with Crippen LogP contribution in [0.4, 0.5) is 17.1 Å². The fourth-order valence-electron chi connectivity index (χ4n) is 3.31. The highest BCUT2D eigenvalue weighted by Gasteiger charge is 2.21. The molecule has 1 amide bonds. The van der Waals surface area contributed by atoms with Gasteiger partial charge in [0.2, 0.25) is 0 Å². The first-order chi connectivity index (χ1) is 16.3. The van der Waals surface area contributed by atoms with E-state index in [4.69, 9.17) is 10.00 Å². The van der Waals surface area contributed by atoms with Crippen LogP contribution in [0.1, 0.15) is 16.1 Å². The van der Waals surface area contributed by atoms with Gasteiger partial charge in [-0.1, -0.05) is 6.07 Å². The van der Waals surface area contributed by atoms with E-state index in [0.29, 0.717) is 22.5 Å². The van der Waals surface area contributed by atoms with Gasteiger partial charge in [-0.3, -0.25) is 4.79 Å². The number of fused-ring (bicyclic) bond motifs is 1. The molecule has 1 heterocycles. The van der Waals surface area contributed by atoms with Crippen molar-refractivity contribution in [2.75, 3.05) is 12.4 Å². The minimum absolute atomic E-state index is 0.0557. The first-order valence-corrected chi connectivity index (χ1v) is 11.3. The average molecular weight is 475 g/mol. The van der Waals surface area contributed by atoms with Crippen LogP contribution < -0.4 is 14.8 Å². The first kappa shape index (κ1) is 22.5. The minimum atomic E-state index is -4.20. The second kappa shape index (κ2) is 9.05. The third-order valence-corrected chi connectivity index (χ3v) is 6.33. The molecule has 4 rings (SSSR count). The van der Waals surface area contributed by atoms with E-state index in [1.165, 1.54) is 36.4 Å². The number of H-pyrrole nitrogens is 1. The maximum absolute atomic E-state index is 12.8. The number of aromatic amines is 1. The standard InChI is InChI=1S/C23H17N5O5S/c1-33-16-4-2-3-15(11-16)25-19-9-10-20(27-30)22-18(19)12-21(26-22)23(29)28-34(31,32)17-7-5-14(13-24)6-8-17/h2-12,25-26H,1H3,(H,28,29). The summed E-state index contributed by atoms with van der Waals surface area (Å²) in [6.07, 6.45) is 0. The molecular weight excluding hydrogens is 458 g/mol. The number of nitrogens with one attached hydrogen (secondary N) is 3. The van der Waals surface area contributed by atoms with Crippen molar-refractivity contribution in [3.63, 3.8) is 0 Å². The van der Waals surface area contributed by atoms with Gasteiger partial charge in [-0.05, 0) is 59.8 Å². The number of carbonyl (C=O) groups is 1. The average Bonchev–Trinajstić information content (AvgIpc) is 3.30. The number of anilines is 2. The van der Waals surface area contributed by atoms with E-state index in [9.17, 15) is 18.1 Å². The fraction of sp³-hybridized carbons (Fsp3) is 0.0435. The van der Waals surface area contributed by atoms with Gasteiger partial charge in [-0.25, -0.2) is 13.1 Å². The number of sulfonamides is 1. The van der Waals surface area contributed by atoms with Gasteiger partial charge in [0, 0.05) is 22.8 Å². The van der Waals surface area contributed by atoms with Gasteiger partial charge in [0.25, 0.3) is 15.9 Å². The summed E-state index contributed by atoms with van der Waals surface area (Å²) in [5.41, 5.74) is 1.77. The molecule has 170 valence electrons. The van der Waals surface area contributed by atoms with Gasteiger partial charge in [0.1, 0.15) is 17.1 Å². The van der Waals surface area contributed by atoms with Gasteiger partial charge in [0.15, 0.2) is 0 Å². The zero-order valence-corrected chi connectivity index (χ0v) is 18.5. The lowest BCUT2D eigenvalue weighted by atomic mass is 10.1. The SMILES string of the molecule is COc1cccc(Nc2ccc(N=O)c3[nH]c(C(=O)NS(=O)(=O)c4ccc(C#N)cc4)cc23)c1. The molecule has 0 saturated carbocycles. The van der Waals surface area contributed by atoms with Crippen LogP contribution in [0.25, 0.3) is 10.9 Å². The Labute approximate surface area is 194 Å². The van der Waals surface area contributed by atoms with Crippen LogP contribution in [-0.2, 0) is 10.0 Å². The highest BCUT2D eigenvalue weighted by molar-refractivity contribution is 7.90. The van der Waals surface area contributed by atoms with Crippen molar-refractivity contribution >= 4 is 43.9 Å². The molecule has 34 heavy (non-hydrogen) atoms. The van der Waals surface area contributed by atoms with Crippen LogP contribution in [0.5, 0.6) is 5.75 Å². The number of benzene rings is 3. The summed E-state index contributed by atoms with van der Waals surface area (Å²) in [5, 5.41) is 15.5. The second-order valence-electron chi connectivity index (χ2n) is 7.12. The number of hydrogen-bond donors (Lipinski definition) is 3. The predicted octanol–water partition coefficient (Wildman–Crippen LogP) is 4.31. The number of nitroso groups, excluding NO2 is 1. The summed E-state index contributed by atoms with van der Waals surface area (Å²) in [4.78, 5) is 26.7. The summed E-state index contributed by atoms with van der Waals surface area (Å²) in [7, 11) is -2.65.